The Balaban J connectivity index is 1.75. The molecule has 2 heterocycles. The van der Waals surface area contributed by atoms with Gasteiger partial charge in [0.15, 0.2) is 0 Å². The first-order valence-electron chi connectivity index (χ1n) is 6.49. The summed E-state index contributed by atoms with van der Waals surface area (Å²) in [5, 5.41) is 0. The van der Waals surface area contributed by atoms with Crippen LogP contribution >= 0.6 is 0 Å². The Labute approximate surface area is 101 Å². The Bertz CT molecular complexity index is 392. The van der Waals surface area contributed by atoms with Crippen LogP contribution in [0, 0.1) is 5.92 Å². The Kier molecular flexibility index (Phi) is 2.95. The number of rotatable bonds is 3. The Morgan fingerprint density at radius 1 is 1.29 bits per heavy atom. The molecule has 0 radical (unpaired) electrons. The number of hydrogen-bond acceptors (Lipinski definition) is 3. The molecular formula is C13H18FN3. The summed E-state index contributed by atoms with van der Waals surface area (Å²) in [5.41, 5.74) is 1.16. The first-order chi connectivity index (χ1) is 8.36. The Morgan fingerprint density at radius 2 is 2.18 bits per heavy atom. The lowest BCUT2D eigenvalue weighted by Gasteiger charge is -2.32. The second-order valence-electron chi connectivity index (χ2n) is 5.18. The van der Waals surface area contributed by atoms with Gasteiger partial charge in [-0.05, 0) is 25.7 Å². The van der Waals surface area contributed by atoms with Gasteiger partial charge in [0.1, 0.15) is 12.1 Å². The normalized spacial score (nSPS) is 25.0. The van der Waals surface area contributed by atoms with E-state index in [0.717, 1.165) is 37.4 Å². The summed E-state index contributed by atoms with van der Waals surface area (Å²) < 4.78 is 12.7. The molecule has 1 saturated heterocycles. The first kappa shape index (κ1) is 10.9. The summed E-state index contributed by atoms with van der Waals surface area (Å²) in [6.07, 6.45) is 6.24. The SMILES string of the molecule is FCC1CCCN(c2cc(C3CC3)ncn2)C1. The first-order valence-corrected chi connectivity index (χ1v) is 6.49. The van der Waals surface area contributed by atoms with Crippen LogP contribution < -0.4 is 4.90 Å². The smallest absolute Gasteiger partial charge is 0.132 e. The zero-order valence-corrected chi connectivity index (χ0v) is 9.98. The van der Waals surface area contributed by atoms with Crippen LogP contribution in [0.25, 0.3) is 0 Å². The molecule has 1 unspecified atom stereocenters. The van der Waals surface area contributed by atoms with E-state index in [1.807, 2.05) is 0 Å². The Hall–Kier alpha value is -1.19. The van der Waals surface area contributed by atoms with Crippen LogP contribution in [-0.4, -0.2) is 29.7 Å². The van der Waals surface area contributed by atoms with Gasteiger partial charge < -0.3 is 4.90 Å². The van der Waals surface area contributed by atoms with Gasteiger partial charge in [-0.1, -0.05) is 0 Å². The lowest BCUT2D eigenvalue weighted by Crippen LogP contribution is -2.36. The molecule has 3 nitrogen and oxygen atoms in total. The molecular weight excluding hydrogens is 217 g/mol. The molecule has 92 valence electrons. The van der Waals surface area contributed by atoms with Gasteiger partial charge in [0, 0.05) is 36.7 Å². The number of alkyl halides is 1. The van der Waals surface area contributed by atoms with Crippen LogP contribution in [0.2, 0.25) is 0 Å². The fourth-order valence-electron chi connectivity index (χ4n) is 2.54. The van der Waals surface area contributed by atoms with E-state index >= 15 is 0 Å². The number of anilines is 1. The quantitative estimate of drug-likeness (QED) is 0.806. The van der Waals surface area contributed by atoms with Crippen LogP contribution in [0.5, 0.6) is 0 Å². The lowest BCUT2D eigenvalue weighted by molar-refractivity contribution is 0.315. The number of hydrogen-bond donors (Lipinski definition) is 0. The molecule has 2 aliphatic rings. The minimum Gasteiger partial charge on any atom is -0.356 e. The summed E-state index contributed by atoms with van der Waals surface area (Å²) in [6, 6.07) is 2.10. The molecule has 1 aliphatic carbocycles. The van der Waals surface area contributed by atoms with Crippen molar-refractivity contribution in [3.8, 4) is 0 Å². The van der Waals surface area contributed by atoms with E-state index in [2.05, 4.69) is 20.9 Å². The molecule has 17 heavy (non-hydrogen) atoms. The van der Waals surface area contributed by atoms with Gasteiger partial charge in [-0.2, -0.15) is 0 Å². The minimum atomic E-state index is -0.211. The van der Waals surface area contributed by atoms with Gasteiger partial charge in [0.25, 0.3) is 0 Å². The zero-order chi connectivity index (χ0) is 11.7. The highest BCUT2D eigenvalue weighted by Crippen LogP contribution is 2.39. The lowest BCUT2D eigenvalue weighted by atomic mass is 9.99. The fraction of sp³-hybridized carbons (Fsp3) is 0.692. The van der Waals surface area contributed by atoms with Crippen molar-refractivity contribution in [2.45, 2.75) is 31.6 Å². The maximum atomic E-state index is 12.7. The van der Waals surface area contributed by atoms with E-state index in [-0.39, 0.29) is 12.6 Å². The maximum Gasteiger partial charge on any atom is 0.132 e. The molecule has 0 amide bonds. The van der Waals surface area contributed by atoms with E-state index in [0.29, 0.717) is 5.92 Å². The van der Waals surface area contributed by atoms with Gasteiger partial charge in [-0.3, -0.25) is 4.39 Å². The summed E-state index contributed by atoms with van der Waals surface area (Å²) in [4.78, 5) is 10.9. The van der Waals surface area contributed by atoms with E-state index in [4.69, 9.17) is 0 Å². The van der Waals surface area contributed by atoms with Gasteiger partial charge in [-0.25, -0.2) is 9.97 Å². The average Bonchev–Trinajstić information content (AvgIpc) is 3.23. The molecule has 0 N–H and O–H groups in total. The van der Waals surface area contributed by atoms with Crippen molar-refractivity contribution < 1.29 is 4.39 Å². The van der Waals surface area contributed by atoms with Gasteiger partial charge >= 0.3 is 0 Å². The Morgan fingerprint density at radius 3 is 2.94 bits per heavy atom. The van der Waals surface area contributed by atoms with Gasteiger partial charge in [0.05, 0.1) is 6.67 Å². The van der Waals surface area contributed by atoms with Crippen molar-refractivity contribution in [2.75, 3.05) is 24.7 Å². The number of aromatic nitrogens is 2. The second-order valence-corrected chi connectivity index (χ2v) is 5.18. The fourth-order valence-corrected chi connectivity index (χ4v) is 2.54. The number of halogens is 1. The summed E-state index contributed by atoms with van der Waals surface area (Å²) >= 11 is 0. The molecule has 2 fully saturated rings. The molecule has 3 rings (SSSR count). The van der Waals surface area contributed by atoms with Crippen LogP contribution in [-0.2, 0) is 0 Å². The number of nitrogens with zero attached hydrogens (tertiary/aromatic N) is 3. The highest BCUT2D eigenvalue weighted by atomic mass is 19.1. The predicted octanol–water partition coefficient (Wildman–Crippen LogP) is 2.54. The van der Waals surface area contributed by atoms with E-state index in [1.165, 1.54) is 12.8 Å². The average molecular weight is 235 g/mol. The van der Waals surface area contributed by atoms with E-state index in [1.54, 1.807) is 6.33 Å². The van der Waals surface area contributed by atoms with Crippen LogP contribution in [0.3, 0.4) is 0 Å². The van der Waals surface area contributed by atoms with Crippen LogP contribution in [0.15, 0.2) is 12.4 Å². The molecule has 1 atom stereocenters. The molecule has 0 spiro atoms. The van der Waals surface area contributed by atoms with Gasteiger partial charge in [-0.15, -0.1) is 0 Å². The highest BCUT2D eigenvalue weighted by molar-refractivity contribution is 5.40. The standard InChI is InChI=1S/C13H18FN3/c14-7-10-2-1-5-17(8-10)13-6-12(11-3-4-11)15-9-16-13/h6,9-11H,1-5,7-8H2. The minimum absolute atomic E-state index is 0.183. The maximum absolute atomic E-state index is 12.7. The van der Waals surface area contributed by atoms with Crippen molar-refractivity contribution in [3.63, 3.8) is 0 Å². The predicted molar refractivity (Wildman–Crippen MR) is 64.9 cm³/mol. The third-order valence-corrected chi connectivity index (χ3v) is 3.73. The van der Waals surface area contributed by atoms with Crippen molar-refractivity contribution >= 4 is 5.82 Å². The van der Waals surface area contributed by atoms with Crippen molar-refractivity contribution in [1.82, 2.24) is 9.97 Å². The van der Waals surface area contributed by atoms with Crippen molar-refractivity contribution in [1.29, 1.82) is 0 Å². The van der Waals surface area contributed by atoms with Crippen LogP contribution in [0.1, 0.15) is 37.3 Å². The molecule has 1 saturated carbocycles. The van der Waals surface area contributed by atoms with E-state index in [9.17, 15) is 4.39 Å². The summed E-state index contributed by atoms with van der Waals surface area (Å²) in [6.45, 7) is 1.59. The molecule has 0 bridgehead atoms. The zero-order valence-electron chi connectivity index (χ0n) is 9.98. The van der Waals surface area contributed by atoms with Crippen LogP contribution in [0.4, 0.5) is 10.2 Å². The topological polar surface area (TPSA) is 29.0 Å². The third-order valence-electron chi connectivity index (χ3n) is 3.73. The summed E-state index contributed by atoms with van der Waals surface area (Å²) in [5.74, 6) is 1.82. The van der Waals surface area contributed by atoms with Crippen molar-refractivity contribution in [3.05, 3.63) is 18.1 Å². The van der Waals surface area contributed by atoms with E-state index < -0.39 is 0 Å². The molecule has 0 aromatic carbocycles. The van der Waals surface area contributed by atoms with Gasteiger partial charge in [0.2, 0.25) is 0 Å². The molecule has 1 aliphatic heterocycles. The molecule has 1 aromatic heterocycles. The molecule has 4 heteroatoms. The molecule has 1 aromatic rings. The third kappa shape index (κ3) is 2.40. The monoisotopic (exact) mass is 235 g/mol. The number of piperidine rings is 1. The largest absolute Gasteiger partial charge is 0.356 e. The highest BCUT2D eigenvalue weighted by Gasteiger charge is 2.27. The second kappa shape index (κ2) is 4.59. The summed E-state index contributed by atoms with van der Waals surface area (Å²) in [7, 11) is 0. The van der Waals surface area contributed by atoms with Crippen molar-refractivity contribution in [2.24, 2.45) is 5.92 Å².